The van der Waals surface area contributed by atoms with Crippen LogP contribution in [-0.4, -0.2) is 27.1 Å². The van der Waals surface area contributed by atoms with Gasteiger partial charge in [0.1, 0.15) is 17.1 Å². The molecule has 0 aliphatic carbocycles. The Balaban J connectivity index is 1.45. The second-order valence-corrected chi connectivity index (χ2v) is 8.30. The fourth-order valence-electron chi connectivity index (χ4n) is 3.39. The molecule has 0 fully saturated rings. The molecule has 0 saturated carbocycles. The molecule has 10 heteroatoms. The summed E-state index contributed by atoms with van der Waals surface area (Å²) in [5.74, 6) is -0.607. The first-order valence-corrected chi connectivity index (χ1v) is 11.9. The van der Waals surface area contributed by atoms with Gasteiger partial charge in [0.25, 0.3) is 11.5 Å². The minimum Gasteiger partial charge on any atom is -0.454 e. The van der Waals surface area contributed by atoms with Crippen LogP contribution in [0.3, 0.4) is 0 Å². The number of rotatable bonds is 8. The molecule has 0 aliphatic heterocycles. The molecule has 4 rings (SSSR count). The van der Waals surface area contributed by atoms with Crippen molar-refractivity contribution in [2.75, 3.05) is 17.2 Å². The highest BCUT2D eigenvalue weighted by Crippen LogP contribution is 2.27. The first-order valence-electron chi connectivity index (χ1n) is 11.5. The Hall–Kier alpha value is -4.57. The maximum Gasteiger partial charge on any atom is 0.267 e. The van der Waals surface area contributed by atoms with E-state index in [-0.39, 0.29) is 17.0 Å². The van der Waals surface area contributed by atoms with Crippen molar-refractivity contribution in [3.05, 3.63) is 107 Å². The summed E-state index contributed by atoms with van der Waals surface area (Å²) in [7, 11) is 0. The Morgan fingerprint density at radius 1 is 1.05 bits per heavy atom. The maximum atomic E-state index is 14.8. The molecular formula is C27H24FN5O3S. The number of para-hydroxylation sites is 1. The van der Waals surface area contributed by atoms with Gasteiger partial charge in [0.2, 0.25) is 0 Å². The zero-order valence-corrected chi connectivity index (χ0v) is 20.7. The lowest BCUT2D eigenvalue weighted by Gasteiger charge is -2.12. The van der Waals surface area contributed by atoms with Crippen molar-refractivity contribution in [1.29, 1.82) is 0 Å². The number of hydrogen-bond donors (Lipinski definition) is 3. The lowest BCUT2D eigenvalue weighted by Crippen LogP contribution is -2.29. The van der Waals surface area contributed by atoms with E-state index in [2.05, 4.69) is 20.9 Å². The van der Waals surface area contributed by atoms with Crippen LogP contribution >= 0.6 is 12.2 Å². The summed E-state index contributed by atoms with van der Waals surface area (Å²) in [5.41, 5.74) is 0.241. The summed E-state index contributed by atoms with van der Waals surface area (Å²) < 4.78 is 21.8. The zero-order valence-electron chi connectivity index (χ0n) is 19.9. The molecule has 188 valence electrons. The van der Waals surface area contributed by atoms with Crippen LogP contribution in [0.5, 0.6) is 11.5 Å². The van der Waals surface area contributed by atoms with Crippen molar-refractivity contribution < 1.29 is 13.9 Å². The summed E-state index contributed by atoms with van der Waals surface area (Å²) in [6.45, 7) is 2.75. The Bertz CT molecular complexity index is 1480. The SMILES string of the molecule is CCCNC(=S)Nc1cc(Oc2ccc(NC(=O)c3cccn(-c4ccccc4)c3=O)cc2F)ccn1. The van der Waals surface area contributed by atoms with Gasteiger partial charge in [-0.3, -0.25) is 14.2 Å². The first kappa shape index (κ1) is 25.5. The highest BCUT2D eigenvalue weighted by molar-refractivity contribution is 7.80. The molecule has 0 aliphatic rings. The van der Waals surface area contributed by atoms with E-state index in [0.29, 0.717) is 22.4 Å². The number of amides is 1. The van der Waals surface area contributed by atoms with Crippen LogP contribution in [0.4, 0.5) is 15.9 Å². The molecule has 0 unspecified atom stereocenters. The fraction of sp³-hybridized carbons (Fsp3) is 0.111. The smallest absolute Gasteiger partial charge is 0.267 e. The Labute approximate surface area is 218 Å². The van der Waals surface area contributed by atoms with Crippen LogP contribution in [0, 0.1) is 5.82 Å². The van der Waals surface area contributed by atoms with Crippen molar-refractivity contribution >= 4 is 34.7 Å². The van der Waals surface area contributed by atoms with Gasteiger partial charge in [-0.05, 0) is 61.1 Å². The van der Waals surface area contributed by atoms with E-state index in [1.165, 1.54) is 29.0 Å². The normalized spacial score (nSPS) is 10.4. The third kappa shape index (κ3) is 6.56. The highest BCUT2D eigenvalue weighted by Gasteiger charge is 2.15. The molecular weight excluding hydrogens is 493 g/mol. The second-order valence-electron chi connectivity index (χ2n) is 7.89. The number of thiocarbonyl (C=S) groups is 1. The molecule has 2 aromatic heterocycles. The van der Waals surface area contributed by atoms with Gasteiger partial charge in [-0.25, -0.2) is 9.37 Å². The summed E-state index contributed by atoms with van der Waals surface area (Å²) in [6.07, 6.45) is 4.01. The molecule has 37 heavy (non-hydrogen) atoms. The van der Waals surface area contributed by atoms with E-state index in [9.17, 15) is 14.0 Å². The number of nitrogens with zero attached hydrogens (tertiary/aromatic N) is 2. The number of hydrogen-bond acceptors (Lipinski definition) is 5. The number of halogens is 1. The van der Waals surface area contributed by atoms with Crippen LogP contribution in [0.25, 0.3) is 5.69 Å². The Morgan fingerprint density at radius 2 is 1.86 bits per heavy atom. The van der Waals surface area contributed by atoms with Crippen LogP contribution in [0.15, 0.2) is 90.0 Å². The molecule has 0 saturated heterocycles. The van der Waals surface area contributed by atoms with E-state index < -0.39 is 17.3 Å². The Morgan fingerprint density at radius 3 is 2.62 bits per heavy atom. The third-order valence-corrected chi connectivity index (χ3v) is 5.40. The van der Waals surface area contributed by atoms with Crippen molar-refractivity contribution in [3.63, 3.8) is 0 Å². The van der Waals surface area contributed by atoms with Gasteiger partial charge >= 0.3 is 0 Å². The average Bonchev–Trinajstić information content (AvgIpc) is 2.90. The van der Waals surface area contributed by atoms with Gasteiger partial charge in [0, 0.05) is 42.4 Å². The zero-order chi connectivity index (χ0) is 26.2. The number of anilines is 2. The van der Waals surface area contributed by atoms with Gasteiger partial charge in [-0.2, -0.15) is 0 Å². The Kier molecular flexibility index (Phi) is 8.22. The van der Waals surface area contributed by atoms with E-state index in [1.54, 1.807) is 48.7 Å². The van der Waals surface area contributed by atoms with E-state index in [0.717, 1.165) is 19.0 Å². The number of nitrogens with one attached hydrogen (secondary N) is 3. The number of aromatic nitrogens is 2. The number of pyridine rings is 2. The quantitative estimate of drug-likeness (QED) is 0.279. The van der Waals surface area contributed by atoms with Gasteiger partial charge in [0.05, 0.1) is 0 Å². The van der Waals surface area contributed by atoms with Crippen molar-refractivity contribution in [3.8, 4) is 17.2 Å². The van der Waals surface area contributed by atoms with E-state index >= 15 is 0 Å². The molecule has 1 amide bonds. The molecule has 0 radical (unpaired) electrons. The van der Waals surface area contributed by atoms with Gasteiger partial charge < -0.3 is 20.7 Å². The second kappa shape index (κ2) is 11.9. The molecule has 2 aromatic carbocycles. The first-order chi connectivity index (χ1) is 17.9. The van der Waals surface area contributed by atoms with Gasteiger partial charge in [-0.15, -0.1) is 0 Å². The maximum absolute atomic E-state index is 14.8. The lowest BCUT2D eigenvalue weighted by molar-refractivity contribution is 0.102. The molecule has 2 heterocycles. The number of carbonyl (C=O) groups is 1. The van der Waals surface area contributed by atoms with Crippen LogP contribution in [0.2, 0.25) is 0 Å². The summed E-state index contributed by atoms with van der Waals surface area (Å²) >= 11 is 5.20. The predicted octanol–water partition coefficient (Wildman–Crippen LogP) is 5.11. The predicted molar refractivity (Wildman–Crippen MR) is 145 cm³/mol. The topological polar surface area (TPSA) is 97.3 Å². The van der Waals surface area contributed by atoms with Crippen LogP contribution in [-0.2, 0) is 0 Å². The summed E-state index contributed by atoms with van der Waals surface area (Å²) in [6, 6.07) is 19.1. The molecule has 0 atom stereocenters. The molecule has 0 bridgehead atoms. The van der Waals surface area contributed by atoms with Crippen molar-refractivity contribution in [1.82, 2.24) is 14.9 Å². The van der Waals surface area contributed by atoms with E-state index in [1.807, 2.05) is 13.0 Å². The number of benzene rings is 2. The molecule has 4 aromatic rings. The fourth-order valence-corrected chi connectivity index (χ4v) is 3.59. The molecule has 8 nitrogen and oxygen atoms in total. The minimum atomic E-state index is -0.695. The standard InChI is InChI=1S/C27H24FN5O3S/c1-2-13-30-27(37)32-24-17-20(12-14-29-24)36-23-11-10-18(16-22(23)28)31-25(34)21-9-6-15-33(26(21)35)19-7-4-3-5-8-19/h3-12,14-17H,2,13H2,1H3,(H,31,34)(H2,29,30,32,37). The van der Waals surface area contributed by atoms with Crippen molar-refractivity contribution in [2.24, 2.45) is 0 Å². The van der Waals surface area contributed by atoms with Crippen LogP contribution < -0.4 is 26.2 Å². The minimum absolute atomic E-state index is 0.0482. The van der Waals surface area contributed by atoms with E-state index in [4.69, 9.17) is 17.0 Å². The van der Waals surface area contributed by atoms with Gasteiger partial charge in [-0.1, -0.05) is 25.1 Å². The van der Waals surface area contributed by atoms with Crippen LogP contribution in [0.1, 0.15) is 23.7 Å². The number of carbonyl (C=O) groups excluding carboxylic acids is 1. The average molecular weight is 518 g/mol. The highest BCUT2D eigenvalue weighted by atomic mass is 32.1. The lowest BCUT2D eigenvalue weighted by atomic mass is 10.2. The third-order valence-electron chi connectivity index (χ3n) is 5.15. The summed E-state index contributed by atoms with van der Waals surface area (Å²) in [5, 5.41) is 8.97. The number of ether oxygens (including phenoxy) is 1. The van der Waals surface area contributed by atoms with Crippen molar-refractivity contribution in [2.45, 2.75) is 13.3 Å². The molecule has 3 N–H and O–H groups in total. The molecule has 0 spiro atoms. The monoisotopic (exact) mass is 517 g/mol. The summed E-state index contributed by atoms with van der Waals surface area (Å²) in [4.78, 5) is 29.8. The largest absolute Gasteiger partial charge is 0.454 e. The van der Waals surface area contributed by atoms with Gasteiger partial charge in [0.15, 0.2) is 16.7 Å².